The highest BCUT2D eigenvalue weighted by atomic mass is 35.5. The first-order chi connectivity index (χ1) is 10.4. The number of halogens is 3. The third kappa shape index (κ3) is 4.58. The predicted molar refractivity (Wildman–Crippen MR) is 83.5 cm³/mol. The molecule has 8 heteroatoms. The second kappa shape index (κ2) is 7.28. The van der Waals surface area contributed by atoms with Gasteiger partial charge in [-0.2, -0.15) is 0 Å². The van der Waals surface area contributed by atoms with Crippen LogP contribution in [0.1, 0.15) is 0 Å². The quantitative estimate of drug-likeness (QED) is 0.799. The summed E-state index contributed by atoms with van der Waals surface area (Å²) in [5, 5.41) is 0.408. The molecule has 22 heavy (non-hydrogen) atoms. The summed E-state index contributed by atoms with van der Waals surface area (Å²) < 4.78 is 44.7. The van der Waals surface area contributed by atoms with E-state index in [1.165, 1.54) is 0 Å². The van der Waals surface area contributed by atoms with Crippen LogP contribution in [0.4, 0.5) is 4.39 Å². The molecule has 0 unspecified atom stereocenters. The fourth-order valence-electron chi connectivity index (χ4n) is 1.65. The first-order valence-corrected chi connectivity index (χ1v) is 8.45. The summed E-state index contributed by atoms with van der Waals surface area (Å²) in [4.78, 5) is -0.179. The van der Waals surface area contributed by atoms with Crippen LogP contribution < -0.4 is 9.46 Å². The van der Waals surface area contributed by atoms with Gasteiger partial charge in [0.15, 0.2) is 0 Å². The first kappa shape index (κ1) is 17.0. The molecule has 0 amide bonds. The van der Waals surface area contributed by atoms with E-state index in [2.05, 4.69) is 4.72 Å². The van der Waals surface area contributed by atoms with Gasteiger partial charge in [-0.25, -0.2) is 17.5 Å². The molecule has 0 aliphatic carbocycles. The lowest BCUT2D eigenvalue weighted by Crippen LogP contribution is -2.28. The number of rotatable bonds is 6. The van der Waals surface area contributed by atoms with Crippen LogP contribution in [0.25, 0.3) is 0 Å². The Morgan fingerprint density at radius 2 is 1.77 bits per heavy atom. The Hall–Kier alpha value is -1.34. The van der Waals surface area contributed by atoms with Crippen molar-refractivity contribution in [2.45, 2.75) is 4.90 Å². The highest BCUT2D eigenvalue weighted by molar-refractivity contribution is 7.89. The molecule has 0 aliphatic heterocycles. The highest BCUT2D eigenvalue weighted by Crippen LogP contribution is 2.21. The largest absolute Gasteiger partial charge is 0.492 e. The molecule has 0 bridgehead atoms. The molecule has 0 radical (unpaired) electrons. The van der Waals surface area contributed by atoms with Gasteiger partial charge >= 0.3 is 0 Å². The molecule has 0 heterocycles. The van der Waals surface area contributed by atoms with Gasteiger partial charge in [0.2, 0.25) is 10.0 Å². The zero-order valence-electron chi connectivity index (χ0n) is 11.2. The number of nitrogens with one attached hydrogen (secondary N) is 1. The van der Waals surface area contributed by atoms with Crippen molar-refractivity contribution in [3.8, 4) is 5.75 Å². The van der Waals surface area contributed by atoms with Gasteiger partial charge < -0.3 is 4.74 Å². The standard InChI is InChI=1S/C14H12Cl2FNO3S/c15-10-1-4-12(5-2-10)21-8-7-18-22(19,20)14-6-3-11(17)9-13(14)16/h1-6,9,18H,7-8H2. The van der Waals surface area contributed by atoms with Gasteiger partial charge in [0.1, 0.15) is 23.1 Å². The molecule has 0 spiro atoms. The van der Waals surface area contributed by atoms with Gasteiger partial charge in [0, 0.05) is 11.6 Å². The first-order valence-electron chi connectivity index (χ1n) is 6.21. The normalized spacial score (nSPS) is 11.4. The van der Waals surface area contributed by atoms with Crippen molar-refractivity contribution < 1.29 is 17.5 Å². The summed E-state index contributed by atoms with van der Waals surface area (Å²) in [6.07, 6.45) is 0. The van der Waals surface area contributed by atoms with E-state index in [9.17, 15) is 12.8 Å². The summed E-state index contributed by atoms with van der Waals surface area (Å²) in [6.45, 7) is 0.165. The van der Waals surface area contributed by atoms with Gasteiger partial charge in [-0.05, 0) is 42.5 Å². The van der Waals surface area contributed by atoms with Crippen LogP contribution >= 0.6 is 23.2 Å². The molecular weight excluding hydrogens is 352 g/mol. The van der Waals surface area contributed by atoms with E-state index in [0.29, 0.717) is 10.8 Å². The maximum absolute atomic E-state index is 12.9. The maximum atomic E-state index is 12.9. The van der Waals surface area contributed by atoms with E-state index in [1.54, 1.807) is 24.3 Å². The summed E-state index contributed by atoms with van der Waals surface area (Å²) >= 11 is 11.5. The van der Waals surface area contributed by atoms with E-state index in [-0.39, 0.29) is 23.1 Å². The number of hydrogen-bond acceptors (Lipinski definition) is 3. The molecule has 0 saturated heterocycles. The van der Waals surface area contributed by atoms with Crippen LogP contribution in [0.3, 0.4) is 0 Å². The zero-order chi connectivity index (χ0) is 16.2. The van der Waals surface area contributed by atoms with Gasteiger partial charge in [0.25, 0.3) is 0 Å². The van der Waals surface area contributed by atoms with E-state index >= 15 is 0 Å². The third-order valence-corrected chi connectivity index (χ3v) is 4.86. The molecule has 0 aromatic heterocycles. The lowest BCUT2D eigenvalue weighted by atomic mass is 10.3. The van der Waals surface area contributed by atoms with Crippen molar-refractivity contribution in [2.24, 2.45) is 0 Å². The van der Waals surface area contributed by atoms with Crippen molar-refractivity contribution in [3.05, 3.63) is 58.3 Å². The Morgan fingerprint density at radius 1 is 1.09 bits per heavy atom. The van der Waals surface area contributed by atoms with Gasteiger partial charge in [-0.3, -0.25) is 0 Å². The summed E-state index contributed by atoms with van der Waals surface area (Å²) in [6, 6.07) is 9.77. The third-order valence-electron chi connectivity index (χ3n) is 2.66. The second-order valence-corrected chi connectivity index (χ2v) is 6.85. The van der Waals surface area contributed by atoms with Crippen molar-refractivity contribution in [1.29, 1.82) is 0 Å². The van der Waals surface area contributed by atoms with Crippen LogP contribution in [0.5, 0.6) is 5.75 Å². The fraction of sp³-hybridized carbons (Fsp3) is 0.143. The van der Waals surface area contributed by atoms with Crippen LogP contribution in [-0.4, -0.2) is 21.6 Å². The molecule has 2 aromatic carbocycles. The van der Waals surface area contributed by atoms with Crippen molar-refractivity contribution >= 4 is 33.2 Å². The SMILES string of the molecule is O=S(=O)(NCCOc1ccc(Cl)cc1)c1ccc(F)cc1Cl. The number of ether oxygens (including phenoxy) is 1. The smallest absolute Gasteiger partial charge is 0.242 e. The number of sulfonamides is 1. The molecular formula is C14H12Cl2FNO3S. The Kier molecular flexibility index (Phi) is 5.63. The molecule has 118 valence electrons. The Morgan fingerprint density at radius 3 is 2.41 bits per heavy atom. The van der Waals surface area contributed by atoms with Gasteiger partial charge in [-0.15, -0.1) is 0 Å². The number of benzene rings is 2. The Bertz CT molecular complexity index is 751. The van der Waals surface area contributed by atoms with Gasteiger partial charge in [0.05, 0.1) is 5.02 Å². The lowest BCUT2D eigenvalue weighted by molar-refractivity contribution is 0.323. The molecule has 2 rings (SSSR count). The zero-order valence-corrected chi connectivity index (χ0v) is 13.6. The topological polar surface area (TPSA) is 55.4 Å². The van der Waals surface area contributed by atoms with Crippen LogP contribution in [0.2, 0.25) is 10.0 Å². The summed E-state index contributed by atoms with van der Waals surface area (Å²) in [5.74, 6) is -0.0292. The Balaban J connectivity index is 1.91. The highest BCUT2D eigenvalue weighted by Gasteiger charge is 2.17. The molecule has 0 atom stereocenters. The van der Waals surface area contributed by atoms with E-state index in [0.717, 1.165) is 18.2 Å². The summed E-state index contributed by atoms with van der Waals surface area (Å²) in [5.41, 5.74) is 0. The molecule has 2 aromatic rings. The number of hydrogen-bond donors (Lipinski definition) is 1. The second-order valence-electron chi connectivity index (χ2n) is 4.27. The average molecular weight is 364 g/mol. The minimum Gasteiger partial charge on any atom is -0.492 e. The van der Waals surface area contributed by atoms with E-state index in [4.69, 9.17) is 27.9 Å². The fourth-order valence-corrected chi connectivity index (χ4v) is 3.31. The van der Waals surface area contributed by atoms with Gasteiger partial charge in [-0.1, -0.05) is 23.2 Å². The van der Waals surface area contributed by atoms with Crippen molar-refractivity contribution in [1.82, 2.24) is 4.72 Å². The van der Waals surface area contributed by atoms with E-state index in [1.807, 2.05) is 0 Å². The average Bonchev–Trinajstić information content (AvgIpc) is 2.45. The summed E-state index contributed by atoms with van der Waals surface area (Å²) in [7, 11) is -3.82. The van der Waals surface area contributed by atoms with Crippen molar-refractivity contribution in [3.63, 3.8) is 0 Å². The van der Waals surface area contributed by atoms with E-state index < -0.39 is 15.8 Å². The van der Waals surface area contributed by atoms with Crippen LogP contribution in [-0.2, 0) is 10.0 Å². The molecule has 0 fully saturated rings. The Labute approximate surface area is 137 Å². The lowest BCUT2D eigenvalue weighted by Gasteiger charge is -2.09. The molecule has 0 aliphatic rings. The van der Waals surface area contributed by atoms with Crippen molar-refractivity contribution in [2.75, 3.05) is 13.2 Å². The predicted octanol–water partition coefficient (Wildman–Crippen LogP) is 3.49. The minimum atomic E-state index is -3.82. The molecule has 0 saturated carbocycles. The minimum absolute atomic E-state index is 0.0403. The molecule has 1 N–H and O–H groups in total. The van der Waals surface area contributed by atoms with Crippen LogP contribution in [0, 0.1) is 5.82 Å². The van der Waals surface area contributed by atoms with Crippen LogP contribution in [0.15, 0.2) is 47.4 Å². The monoisotopic (exact) mass is 363 g/mol. The maximum Gasteiger partial charge on any atom is 0.242 e. The molecule has 4 nitrogen and oxygen atoms in total.